The molecular weight excluding hydrogens is 212 g/mol. The van der Waals surface area contributed by atoms with Gasteiger partial charge in [0, 0.05) is 6.92 Å². The van der Waals surface area contributed by atoms with Crippen LogP contribution in [-0.4, -0.2) is 12.6 Å². The van der Waals surface area contributed by atoms with Gasteiger partial charge in [-0.2, -0.15) is 0 Å². The van der Waals surface area contributed by atoms with Gasteiger partial charge in [-0.05, 0) is 28.5 Å². The molecule has 0 aliphatic carbocycles. The van der Waals surface area contributed by atoms with E-state index in [9.17, 15) is 4.79 Å². The highest BCUT2D eigenvalue weighted by Gasteiger charge is 1.93. The van der Waals surface area contributed by atoms with Gasteiger partial charge in [-0.1, -0.05) is 42.5 Å². The second kappa shape index (κ2) is 5.30. The van der Waals surface area contributed by atoms with Crippen LogP contribution >= 0.6 is 0 Å². The Bertz CT molecular complexity index is 556. The maximum atomic E-state index is 10.6. The molecule has 0 aliphatic rings. The second-order valence-corrected chi connectivity index (χ2v) is 3.81. The van der Waals surface area contributed by atoms with Gasteiger partial charge in [-0.25, -0.2) is 0 Å². The van der Waals surface area contributed by atoms with Crippen LogP contribution in [0.4, 0.5) is 0 Å². The monoisotopic (exact) mass is 226 g/mol. The average Bonchev–Trinajstić information content (AvgIpc) is 2.34. The molecule has 0 amide bonds. The van der Waals surface area contributed by atoms with Crippen molar-refractivity contribution in [2.75, 3.05) is 6.61 Å². The van der Waals surface area contributed by atoms with E-state index in [4.69, 9.17) is 4.74 Å². The molecule has 0 aromatic heterocycles. The highest BCUT2D eigenvalue weighted by molar-refractivity contribution is 5.84. The van der Waals surface area contributed by atoms with E-state index >= 15 is 0 Å². The molecule has 0 saturated carbocycles. The fourth-order valence-electron chi connectivity index (χ4n) is 1.66. The maximum absolute atomic E-state index is 10.6. The number of carbonyl (C=O) groups is 1. The van der Waals surface area contributed by atoms with Gasteiger partial charge in [0.25, 0.3) is 0 Å². The first kappa shape index (κ1) is 11.4. The summed E-state index contributed by atoms with van der Waals surface area (Å²) in [6, 6.07) is 14.5. The van der Waals surface area contributed by atoms with Gasteiger partial charge in [0.05, 0.1) is 0 Å². The number of esters is 1. The Balaban J connectivity index is 2.11. The van der Waals surface area contributed by atoms with Crippen LogP contribution in [0.1, 0.15) is 12.5 Å². The normalized spacial score (nSPS) is 10.9. The molecule has 2 rings (SSSR count). The summed E-state index contributed by atoms with van der Waals surface area (Å²) >= 11 is 0. The number of carbonyl (C=O) groups excluding carboxylic acids is 1. The van der Waals surface area contributed by atoms with Gasteiger partial charge in [0.2, 0.25) is 0 Å². The molecule has 0 saturated heterocycles. The highest BCUT2D eigenvalue weighted by atomic mass is 16.5. The molecule has 2 aromatic rings. The van der Waals surface area contributed by atoms with E-state index in [1.54, 1.807) is 0 Å². The molecule has 0 spiro atoms. The van der Waals surface area contributed by atoms with Crippen molar-refractivity contribution in [3.05, 3.63) is 54.1 Å². The third kappa shape index (κ3) is 3.18. The summed E-state index contributed by atoms with van der Waals surface area (Å²) in [5, 5.41) is 2.44. The van der Waals surface area contributed by atoms with Crippen LogP contribution in [0.2, 0.25) is 0 Å². The molecule has 0 aliphatic heterocycles. The van der Waals surface area contributed by atoms with Gasteiger partial charge in [-0.15, -0.1) is 0 Å². The first-order chi connectivity index (χ1) is 8.25. The molecule has 86 valence electrons. The van der Waals surface area contributed by atoms with Gasteiger partial charge in [-0.3, -0.25) is 4.79 Å². The van der Waals surface area contributed by atoms with Crippen molar-refractivity contribution in [1.82, 2.24) is 0 Å². The van der Waals surface area contributed by atoms with Gasteiger partial charge < -0.3 is 4.74 Å². The molecule has 2 heteroatoms. The topological polar surface area (TPSA) is 26.3 Å². The Kier molecular flexibility index (Phi) is 3.55. The third-order valence-corrected chi connectivity index (χ3v) is 2.47. The minimum absolute atomic E-state index is 0.256. The molecule has 0 heterocycles. The van der Waals surface area contributed by atoms with Crippen LogP contribution in [0, 0.1) is 0 Å². The summed E-state index contributed by atoms with van der Waals surface area (Å²) in [6.07, 6.45) is 3.79. The van der Waals surface area contributed by atoms with E-state index in [0.29, 0.717) is 6.61 Å². The standard InChI is InChI=1S/C15H14O2/c1-12(16)17-10-4-5-13-8-9-14-6-2-3-7-15(14)11-13/h2-9,11H,10H2,1H3. The third-order valence-electron chi connectivity index (χ3n) is 2.47. The van der Waals surface area contributed by atoms with Crippen LogP contribution in [0.25, 0.3) is 16.8 Å². The Labute approximate surface area is 101 Å². The molecule has 17 heavy (non-hydrogen) atoms. The van der Waals surface area contributed by atoms with Gasteiger partial charge in [0.15, 0.2) is 0 Å². The molecule has 0 atom stereocenters. The Morgan fingerprint density at radius 1 is 1.18 bits per heavy atom. The number of ether oxygens (including phenoxy) is 1. The fraction of sp³-hybridized carbons (Fsp3) is 0.133. The lowest BCUT2D eigenvalue weighted by atomic mass is 10.1. The minimum Gasteiger partial charge on any atom is -0.462 e. The van der Waals surface area contributed by atoms with Crippen molar-refractivity contribution in [3.63, 3.8) is 0 Å². The molecular formula is C15H14O2. The summed E-state index contributed by atoms with van der Waals surface area (Å²) in [4.78, 5) is 10.6. The minimum atomic E-state index is -0.256. The van der Waals surface area contributed by atoms with Crippen LogP contribution in [-0.2, 0) is 9.53 Å². The molecule has 0 fully saturated rings. The highest BCUT2D eigenvalue weighted by Crippen LogP contribution is 2.16. The van der Waals surface area contributed by atoms with E-state index in [1.165, 1.54) is 17.7 Å². The number of hydrogen-bond acceptors (Lipinski definition) is 2. The van der Waals surface area contributed by atoms with Crippen LogP contribution in [0.15, 0.2) is 48.5 Å². The van der Waals surface area contributed by atoms with Crippen LogP contribution in [0.5, 0.6) is 0 Å². The summed E-state index contributed by atoms with van der Waals surface area (Å²) in [7, 11) is 0. The second-order valence-electron chi connectivity index (χ2n) is 3.81. The fourth-order valence-corrected chi connectivity index (χ4v) is 1.66. The lowest BCUT2D eigenvalue weighted by molar-refractivity contribution is -0.139. The number of rotatable bonds is 3. The summed E-state index contributed by atoms with van der Waals surface area (Å²) < 4.78 is 4.83. The average molecular weight is 226 g/mol. The predicted molar refractivity (Wildman–Crippen MR) is 69.6 cm³/mol. The smallest absolute Gasteiger partial charge is 0.302 e. The molecule has 0 unspecified atom stereocenters. The van der Waals surface area contributed by atoms with Crippen molar-refractivity contribution >= 4 is 22.8 Å². The summed E-state index contributed by atoms with van der Waals surface area (Å²) in [6.45, 7) is 1.73. The number of benzene rings is 2. The number of hydrogen-bond donors (Lipinski definition) is 0. The predicted octanol–water partition coefficient (Wildman–Crippen LogP) is 3.42. The van der Waals surface area contributed by atoms with Crippen molar-refractivity contribution in [2.45, 2.75) is 6.92 Å². The van der Waals surface area contributed by atoms with Crippen molar-refractivity contribution in [2.24, 2.45) is 0 Å². The van der Waals surface area contributed by atoms with Crippen molar-refractivity contribution in [3.8, 4) is 0 Å². The van der Waals surface area contributed by atoms with Gasteiger partial charge in [0.1, 0.15) is 6.61 Å². The van der Waals surface area contributed by atoms with Crippen molar-refractivity contribution < 1.29 is 9.53 Å². The molecule has 0 bridgehead atoms. The van der Waals surface area contributed by atoms with E-state index in [1.807, 2.05) is 30.4 Å². The van der Waals surface area contributed by atoms with Gasteiger partial charge >= 0.3 is 5.97 Å². The Morgan fingerprint density at radius 3 is 2.71 bits per heavy atom. The SMILES string of the molecule is CC(=O)OCC=Cc1ccc2ccccc2c1. The largest absolute Gasteiger partial charge is 0.462 e. The Hall–Kier alpha value is -2.09. The van der Waals surface area contributed by atoms with Crippen molar-refractivity contribution in [1.29, 1.82) is 0 Å². The summed E-state index contributed by atoms with van der Waals surface area (Å²) in [5.41, 5.74) is 1.11. The molecule has 2 nitrogen and oxygen atoms in total. The first-order valence-electron chi connectivity index (χ1n) is 5.54. The molecule has 0 N–H and O–H groups in total. The molecule has 2 aromatic carbocycles. The lowest BCUT2D eigenvalue weighted by Crippen LogP contribution is -1.97. The summed E-state index contributed by atoms with van der Waals surface area (Å²) in [5.74, 6) is -0.256. The zero-order chi connectivity index (χ0) is 12.1. The lowest BCUT2D eigenvalue weighted by Gasteiger charge is -1.99. The quantitative estimate of drug-likeness (QED) is 0.749. The van der Waals surface area contributed by atoms with E-state index in [0.717, 1.165) is 5.56 Å². The van der Waals surface area contributed by atoms with Crippen LogP contribution in [0.3, 0.4) is 0 Å². The van der Waals surface area contributed by atoms with E-state index in [2.05, 4.69) is 24.3 Å². The first-order valence-corrected chi connectivity index (χ1v) is 5.54. The van der Waals surface area contributed by atoms with E-state index < -0.39 is 0 Å². The maximum Gasteiger partial charge on any atom is 0.302 e. The zero-order valence-corrected chi connectivity index (χ0v) is 9.72. The van der Waals surface area contributed by atoms with Crippen LogP contribution < -0.4 is 0 Å². The number of fused-ring (bicyclic) bond motifs is 1. The molecule has 0 radical (unpaired) electrons. The van der Waals surface area contributed by atoms with E-state index in [-0.39, 0.29) is 5.97 Å². The zero-order valence-electron chi connectivity index (χ0n) is 9.72. The Morgan fingerprint density at radius 2 is 1.94 bits per heavy atom.